The Morgan fingerprint density at radius 3 is 2.10 bits per heavy atom. The van der Waals surface area contributed by atoms with Gasteiger partial charge in [-0.25, -0.2) is 0 Å². The second-order valence-corrected chi connectivity index (χ2v) is 7.62. The van der Waals surface area contributed by atoms with Crippen LogP contribution < -0.4 is 0 Å². The molecule has 1 saturated heterocycles. The number of benzene rings is 2. The molecular formula is C25H29N3O3. The molecule has 0 aliphatic carbocycles. The highest BCUT2D eigenvalue weighted by atomic mass is 16.5. The van der Waals surface area contributed by atoms with E-state index in [9.17, 15) is 0 Å². The van der Waals surface area contributed by atoms with E-state index >= 15 is 0 Å². The summed E-state index contributed by atoms with van der Waals surface area (Å²) in [5.41, 5.74) is 5.03. The van der Waals surface area contributed by atoms with E-state index in [1.54, 1.807) is 0 Å². The van der Waals surface area contributed by atoms with Crippen LogP contribution in [0.25, 0.3) is 0 Å². The molecule has 0 spiro atoms. The first kappa shape index (κ1) is 22.6. The van der Waals surface area contributed by atoms with Gasteiger partial charge in [0.25, 0.3) is 0 Å². The minimum absolute atomic E-state index is 0.000446. The highest BCUT2D eigenvalue weighted by molar-refractivity contribution is 5.30. The van der Waals surface area contributed by atoms with E-state index in [2.05, 4.69) is 82.7 Å². The second kappa shape index (κ2) is 12.0. The summed E-state index contributed by atoms with van der Waals surface area (Å²) in [6, 6.07) is 21.1. The summed E-state index contributed by atoms with van der Waals surface area (Å²) in [6.45, 7) is 5.28. The van der Waals surface area contributed by atoms with E-state index in [0.29, 0.717) is 0 Å². The van der Waals surface area contributed by atoms with Crippen LogP contribution in [0.5, 0.6) is 0 Å². The van der Waals surface area contributed by atoms with Gasteiger partial charge in [-0.1, -0.05) is 67.6 Å². The zero-order chi connectivity index (χ0) is 21.9. The summed E-state index contributed by atoms with van der Waals surface area (Å²) < 4.78 is 6.65. The maximum Gasteiger partial charge on any atom is 0.373 e. The fourth-order valence-corrected chi connectivity index (χ4v) is 4.02. The highest BCUT2D eigenvalue weighted by Crippen LogP contribution is 2.30. The number of piperidine rings is 1. The molecule has 1 aromatic heterocycles. The number of aromatic nitrogens is 2. The molecule has 0 bridgehead atoms. The van der Waals surface area contributed by atoms with Crippen LogP contribution in [-0.2, 0) is 27.3 Å². The molecule has 6 heteroatoms. The highest BCUT2D eigenvalue weighted by Gasteiger charge is 2.25. The molecule has 0 unspecified atom stereocenters. The monoisotopic (exact) mass is 419 g/mol. The third-order valence-corrected chi connectivity index (χ3v) is 5.62. The van der Waals surface area contributed by atoms with Crippen LogP contribution in [0, 0.1) is 0 Å². The summed E-state index contributed by atoms with van der Waals surface area (Å²) >= 11 is 0. The number of ether oxygens (including phenoxy) is 1. The van der Waals surface area contributed by atoms with Crippen molar-refractivity contribution in [3.63, 3.8) is 0 Å². The normalized spacial score (nSPS) is 14.6. The number of likely N-dealkylation sites (tertiary alicyclic amines) is 1. The zero-order valence-electron chi connectivity index (χ0n) is 17.9. The van der Waals surface area contributed by atoms with E-state index in [-0.39, 0.29) is 18.4 Å². The van der Waals surface area contributed by atoms with Crippen molar-refractivity contribution in [2.45, 2.75) is 44.9 Å². The third-order valence-electron chi connectivity index (χ3n) is 5.62. The van der Waals surface area contributed by atoms with Gasteiger partial charge in [0.1, 0.15) is 6.10 Å². The zero-order valence-corrected chi connectivity index (χ0v) is 17.9. The molecule has 6 nitrogen and oxygen atoms in total. The van der Waals surface area contributed by atoms with Crippen LogP contribution in [0.15, 0.2) is 66.9 Å². The van der Waals surface area contributed by atoms with E-state index < -0.39 is 0 Å². The van der Waals surface area contributed by atoms with E-state index in [1.165, 1.54) is 22.4 Å². The number of aromatic amines is 1. The first-order chi connectivity index (χ1) is 15.2. The molecule has 1 N–H and O–H groups in total. The molecule has 0 amide bonds. The van der Waals surface area contributed by atoms with Gasteiger partial charge >= 0.3 is 6.15 Å². The van der Waals surface area contributed by atoms with Gasteiger partial charge in [0.15, 0.2) is 0 Å². The molecule has 0 atom stereocenters. The molecule has 162 valence electrons. The number of hydrogen-bond donors (Lipinski definition) is 1. The summed E-state index contributed by atoms with van der Waals surface area (Å²) in [7, 11) is 0. The van der Waals surface area contributed by atoms with E-state index in [0.717, 1.165) is 38.9 Å². The SMILES string of the molecule is CCc1[nH]ncc1CN1CCC(OC(c2ccccc2)c2ccccc2)CC1.O=C=O. The Morgan fingerprint density at radius 2 is 1.58 bits per heavy atom. The van der Waals surface area contributed by atoms with Crippen molar-refractivity contribution in [3.8, 4) is 0 Å². The van der Waals surface area contributed by atoms with Crippen LogP contribution in [-0.4, -0.2) is 40.4 Å². The number of hydrogen-bond acceptors (Lipinski definition) is 5. The van der Waals surface area contributed by atoms with Crippen molar-refractivity contribution in [2.24, 2.45) is 0 Å². The molecule has 2 heterocycles. The van der Waals surface area contributed by atoms with Crippen LogP contribution in [0.1, 0.15) is 48.3 Å². The molecule has 3 aromatic rings. The fraction of sp³-hybridized carbons (Fsp3) is 0.360. The van der Waals surface area contributed by atoms with Crippen LogP contribution >= 0.6 is 0 Å². The Kier molecular flexibility index (Phi) is 8.73. The van der Waals surface area contributed by atoms with Gasteiger partial charge in [-0.15, -0.1) is 0 Å². The largest absolute Gasteiger partial charge is 0.373 e. The van der Waals surface area contributed by atoms with Crippen molar-refractivity contribution in [1.82, 2.24) is 15.1 Å². The maximum absolute atomic E-state index is 8.12. The average Bonchev–Trinajstić information content (AvgIpc) is 3.27. The topological polar surface area (TPSA) is 75.3 Å². The van der Waals surface area contributed by atoms with Crippen molar-refractivity contribution < 1.29 is 14.3 Å². The predicted octanol–water partition coefficient (Wildman–Crippen LogP) is 4.16. The molecule has 0 saturated carbocycles. The Morgan fingerprint density at radius 1 is 1.03 bits per heavy atom. The average molecular weight is 420 g/mol. The minimum Gasteiger partial charge on any atom is -0.365 e. The predicted molar refractivity (Wildman–Crippen MR) is 117 cm³/mol. The summed E-state index contributed by atoms with van der Waals surface area (Å²) in [6.07, 6.45) is 5.65. The van der Waals surface area contributed by atoms with Gasteiger partial charge in [-0.05, 0) is 30.4 Å². The van der Waals surface area contributed by atoms with Gasteiger partial charge < -0.3 is 4.74 Å². The molecule has 1 aliphatic heterocycles. The number of carbonyl (C=O) groups excluding carboxylic acids is 2. The molecule has 31 heavy (non-hydrogen) atoms. The minimum atomic E-state index is -0.000446. The van der Waals surface area contributed by atoms with Gasteiger partial charge in [0, 0.05) is 30.9 Å². The standard InChI is InChI=1S/C24H29N3O.CO2/c1-2-23-21(17-25-26-23)18-27-15-13-22(14-16-27)28-24(19-9-5-3-6-10-19)20-11-7-4-8-12-20;2-1-3/h3-12,17,22,24H,2,13-16,18H2,1H3,(H,25,26);. The van der Waals surface area contributed by atoms with Gasteiger partial charge in [0.05, 0.1) is 12.3 Å². The quantitative estimate of drug-likeness (QED) is 0.622. The smallest absolute Gasteiger partial charge is 0.365 e. The molecule has 4 rings (SSSR count). The van der Waals surface area contributed by atoms with Crippen LogP contribution in [0.4, 0.5) is 0 Å². The summed E-state index contributed by atoms with van der Waals surface area (Å²) in [5, 5.41) is 7.32. The lowest BCUT2D eigenvalue weighted by Crippen LogP contribution is -2.37. The Labute approximate surface area is 183 Å². The van der Waals surface area contributed by atoms with Crippen molar-refractivity contribution >= 4 is 6.15 Å². The van der Waals surface area contributed by atoms with Crippen molar-refractivity contribution in [1.29, 1.82) is 0 Å². The van der Waals surface area contributed by atoms with Crippen molar-refractivity contribution in [3.05, 3.63) is 89.2 Å². The number of rotatable bonds is 7. The molecule has 0 radical (unpaired) electrons. The molecular weight excluding hydrogens is 390 g/mol. The van der Waals surface area contributed by atoms with Gasteiger partial charge in [0.2, 0.25) is 0 Å². The van der Waals surface area contributed by atoms with E-state index in [1.807, 2.05) is 6.20 Å². The van der Waals surface area contributed by atoms with E-state index in [4.69, 9.17) is 14.3 Å². The lowest BCUT2D eigenvalue weighted by Gasteiger charge is -2.34. The molecule has 1 aliphatic rings. The first-order valence-electron chi connectivity index (χ1n) is 10.7. The summed E-state index contributed by atoms with van der Waals surface area (Å²) in [4.78, 5) is 18.8. The number of nitrogens with one attached hydrogen (secondary N) is 1. The Balaban J connectivity index is 0.000000858. The maximum atomic E-state index is 8.12. The van der Waals surface area contributed by atoms with Gasteiger partial charge in [-0.3, -0.25) is 10.00 Å². The number of H-pyrrole nitrogens is 1. The lowest BCUT2D eigenvalue weighted by molar-refractivity contribution is -0.191. The van der Waals surface area contributed by atoms with Crippen LogP contribution in [0.3, 0.4) is 0 Å². The fourth-order valence-electron chi connectivity index (χ4n) is 4.02. The summed E-state index contributed by atoms with van der Waals surface area (Å²) in [5.74, 6) is 0. The Bertz CT molecular complexity index is 889. The first-order valence-corrected chi connectivity index (χ1v) is 10.7. The third kappa shape index (κ3) is 6.46. The number of aryl methyl sites for hydroxylation is 1. The van der Waals surface area contributed by atoms with Gasteiger partial charge in [-0.2, -0.15) is 14.7 Å². The second-order valence-electron chi connectivity index (χ2n) is 7.62. The number of nitrogens with zero attached hydrogens (tertiary/aromatic N) is 2. The molecule has 1 fully saturated rings. The Hall–Kier alpha value is -3.05. The van der Waals surface area contributed by atoms with Crippen molar-refractivity contribution in [2.75, 3.05) is 13.1 Å². The van der Waals surface area contributed by atoms with Crippen LogP contribution in [0.2, 0.25) is 0 Å². The lowest BCUT2D eigenvalue weighted by atomic mass is 10.00. The molecule has 2 aromatic carbocycles.